The fraction of sp³-hybridized carbons (Fsp3) is 0.389. The molecule has 0 radical (unpaired) electrons. The maximum Gasteiger partial charge on any atom is 0.279 e. The molecule has 0 saturated carbocycles. The van der Waals surface area contributed by atoms with Crippen LogP contribution in [-0.2, 0) is 14.4 Å². The second-order valence-electron chi connectivity index (χ2n) is 6.22. The largest absolute Gasteiger partial charge is 0.481 e. The highest BCUT2D eigenvalue weighted by molar-refractivity contribution is 6.06. The first-order chi connectivity index (χ1) is 11.5. The molecule has 0 aromatic heterocycles. The molecule has 24 heavy (non-hydrogen) atoms. The molecule has 0 unspecified atom stereocenters. The minimum Gasteiger partial charge on any atom is -0.481 e. The summed E-state index contributed by atoms with van der Waals surface area (Å²) in [6.45, 7) is 3.51. The Bertz CT molecular complexity index is 687. The van der Waals surface area contributed by atoms with Crippen molar-refractivity contribution in [1.82, 2.24) is 10.4 Å². The van der Waals surface area contributed by atoms with Crippen LogP contribution in [0.2, 0.25) is 0 Å². The second-order valence-corrected chi connectivity index (χ2v) is 6.22. The van der Waals surface area contributed by atoms with Gasteiger partial charge >= 0.3 is 0 Å². The Morgan fingerprint density at radius 2 is 1.83 bits per heavy atom. The van der Waals surface area contributed by atoms with Gasteiger partial charge in [-0.25, -0.2) is 0 Å². The van der Waals surface area contributed by atoms with Crippen LogP contribution in [0.3, 0.4) is 0 Å². The molecule has 0 spiro atoms. The van der Waals surface area contributed by atoms with Crippen LogP contribution in [0.5, 0.6) is 5.75 Å². The topological polar surface area (TPSA) is 75.7 Å². The number of aryl methyl sites for hydroxylation is 1. The summed E-state index contributed by atoms with van der Waals surface area (Å²) in [7, 11) is 0. The smallest absolute Gasteiger partial charge is 0.279 e. The van der Waals surface area contributed by atoms with Gasteiger partial charge in [-0.05, 0) is 44.4 Å². The summed E-state index contributed by atoms with van der Waals surface area (Å²) in [6.07, 6.45) is 4.06. The molecule has 1 saturated heterocycles. The lowest BCUT2D eigenvalue weighted by atomic mass is 9.85. The molecular formula is C18H20N2O4. The van der Waals surface area contributed by atoms with Gasteiger partial charge in [-0.3, -0.25) is 19.8 Å². The van der Waals surface area contributed by atoms with Crippen molar-refractivity contribution >= 4 is 17.7 Å². The molecule has 1 N–H and O–H groups in total. The molecule has 0 bridgehead atoms. The zero-order chi connectivity index (χ0) is 17.3. The molecule has 1 aromatic carbocycles. The number of hydrogen-bond acceptors (Lipinski definition) is 4. The zero-order valence-electron chi connectivity index (χ0n) is 13.7. The van der Waals surface area contributed by atoms with Crippen molar-refractivity contribution in [2.24, 2.45) is 11.8 Å². The van der Waals surface area contributed by atoms with E-state index in [1.165, 1.54) is 0 Å². The number of carbonyl (C=O) groups is 3. The summed E-state index contributed by atoms with van der Waals surface area (Å²) in [4.78, 5) is 36.9. The SMILES string of the molecule is Cc1cccc(O[C@@H](C)C(=O)NN2C(=O)[C@H]3CC=CC[C@@H]3C2=O)c1. The first kappa shape index (κ1) is 16.2. The Morgan fingerprint density at radius 1 is 1.21 bits per heavy atom. The lowest BCUT2D eigenvalue weighted by Gasteiger charge is -2.20. The Labute approximate surface area is 140 Å². The van der Waals surface area contributed by atoms with Gasteiger partial charge in [0.2, 0.25) is 0 Å². The van der Waals surface area contributed by atoms with Gasteiger partial charge in [0.1, 0.15) is 5.75 Å². The number of nitrogens with one attached hydrogen (secondary N) is 1. The summed E-state index contributed by atoms with van der Waals surface area (Å²) in [5, 5.41) is 0.862. The van der Waals surface area contributed by atoms with E-state index in [1.54, 1.807) is 13.0 Å². The van der Waals surface area contributed by atoms with E-state index in [-0.39, 0.29) is 23.7 Å². The lowest BCUT2D eigenvalue weighted by molar-refractivity contribution is -0.151. The van der Waals surface area contributed by atoms with Gasteiger partial charge in [-0.2, -0.15) is 5.01 Å². The summed E-state index contributed by atoms with van der Waals surface area (Å²) >= 11 is 0. The molecule has 1 aliphatic carbocycles. The minimum absolute atomic E-state index is 0.342. The molecule has 1 aromatic rings. The zero-order valence-corrected chi connectivity index (χ0v) is 13.7. The van der Waals surface area contributed by atoms with Crippen molar-refractivity contribution in [2.75, 3.05) is 0 Å². The normalized spacial score (nSPS) is 23.8. The van der Waals surface area contributed by atoms with Gasteiger partial charge in [-0.1, -0.05) is 24.3 Å². The highest BCUT2D eigenvalue weighted by atomic mass is 16.5. The molecule has 3 amide bonds. The van der Waals surface area contributed by atoms with Crippen molar-refractivity contribution in [3.05, 3.63) is 42.0 Å². The number of nitrogens with zero attached hydrogens (tertiary/aromatic N) is 1. The highest BCUT2D eigenvalue weighted by Gasteiger charge is 2.48. The Kier molecular flexibility index (Phi) is 4.38. The van der Waals surface area contributed by atoms with Crippen molar-refractivity contribution in [1.29, 1.82) is 0 Å². The van der Waals surface area contributed by atoms with Gasteiger partial charge in [0.05, 0.1) is 11.8 Å². The van der Waals surface area contributed by atoms with E-state index in [1.807, 2.05) is 37.3 Å². The number of imide groups is 1. The first-order valence-electron chi connectivity index (χ1n) is 8.04. The van der Waals surface area contributed by atoms with E-state index in [4.69, 9.17) is 4.74 Å². The van der Waals surface area contributed by atoms with Gasteiger partial charge < -0.3 is 4.74 Å². The number of hydrogen-bond donors (Lipinski definition) is 1. The number of hydrazine groups is 1. The van der Waals surface area contributed by atoms with Crippen LogP contribution < -0.4 is 10.2 Å². The van der Waals surface area contributed by atoms with Gasteiger partial charge in [0.25, 0.3) is 17.7 Å². The van der Waals surface area contributed by atoms with E-state index in [9.17, 15) is 14.4 Å². The molecular weight excluding hydrogens is 308 g/mol. The number of allylic oxidation sites excluding steroid dienone is 2. The number of carbonyl (C=O) groups excluding carboxylic acids is 3. The van der Waals surface area contributed by atoms with Crippen molar-refractivity contribution in [2.45, 2.75) is 32.8 Å². The molecule has 3 rings (SSSR count). The molecule has 2 aliphatic rings. The maximum atomic E-state index is 12.3. The third-order valence-electron chi connectivity index (χ3n) is 4.40. The fourth-order valence-electron chi connectivity index (χ4n) is 3.06. The van der Waals surface area contributed by atoms with Crippen LogP contribution in [-0.4, -0.2) is 28.8 Å². The number of benzene rings is 1. The van der Waals surface area contributed by atoms with Crippen molar-refractivity contribution in [3.8, 4) is 5.75 Å². The van der Waals surface area contributed by atoms with Gasteiger partial charge in [-0.15, -0.1) is 0 Å². The third kappa shape index (κ3) is 3.04. The fourth-order valence-corrected chi connectivity index (χ4v) is 3.06. The third-order valence-corrected chi connectivity index (χ3v) is 4.40. The molecule has 1 aliphatic heterocycles. The monoisotopic (exact) mass is 328 g/mol. The Balaban J connectivity index is 1.64. The first-order valence-corrected chi connectivity index (χ1v) is 8.04. The molecule has 1 heterocycles. The van der Waals surface area contributed by atoms with Crippen LogP contribution in [0.4, 0.5) is 0 Å². The Hall–Kier alpha value is -2.63. The van der Waals surface area contributed by atoms with Crippen LogP contribution in [0.25, 0.3) is 0 Å². The van der Waals surface area contributed by atoms with E-state index in [2.05, 4.69) is 5.43 Å². The molecule has 126 valence electrons. The summed E-state index contributed by atoms with van der Waals surface area (Å²) in [5.41, 5.74) is 3.43. The predicted octanol–water partition coefficient (Wildman–Crippen LogP) is 1.74. The van der Waals surface area contributed by atoms with Crippen LogP contribution in [0, 0.1) is 18.8 Å². The van der Waals surface area contributed by atoms with E-state index in [0.29, 0.717) is 18.6 Å². The molecule has 1 fully saturated rings. The Morgan fingerprint density at radius 3 is 2.42 bits per heavy atom. The molecule has 6 nitrogen and oxygen atoms in total. The standard InChI is InChI=1S/C18H20N2O4/c1-11-6-5-7-13(10-11)24-12(2)16(21)19-20-17(22)14-8-3-4-9-15(14)18(20)23/h3-7,10,12,14-15H,8-9H2,1-2H3,(H,19,21)/t12-,14-,15-/m0/s1. The lowest BCUT2D eigenvalue weighted by Crippen LogP contribution is -2.50. The van der Waals surface area contributed by atoms with Crippen LogP contribution in [0.1, 0.15) is 25.3 Å². The van der Waals surface area contributed by atoms with E-state index >= 15 is 0 Å². The summed E-state index contributed by atoms with van der Waals surface area (Å²) in [5.74, 6) is -1.37. The number of rotatable bonds is 4. The minimum atomic E-state index is -0.826. The number of fused-ring (bicyclic) bond motifs is 1. The summed E-state index contributed by atoms with van der Waals surface area (Å²) in [6, 6.07) is 7.33. The summed E-state index contributed by atoms with van der Waals surface area (Å²) < 4.78 is 5.58. The number of ether oxygens (including phenoxy) is 1. The highest BCUT2D eigenvalue weighted by Crippen LogP contribution is 2.34. The van der Waals surface area contributed by atoms with Crippen LogP contribution in [0.15, 0.2) is 36.4 Å². The predicted molar refractivity (Wildman–Crippen MR) is 86.6 cm³/mol. The molecule has 3 atom stereocenters. The average molecular weight is 328 g/mol. The van der Waals surface area contributed by atoms with Crippen molar-refractivity contribution < 1.29 is 19.1 Å². The molecule has 6 heteroatoms. The average Bonchev–Trinajstić information content (AvgIpc) is 2.80. The maximum absolute atomic E-state index is 12.3. The number of amides is 3. The van der Waals surface area contributed by atoms with Gasteiger partial charge in [0, 0.05) is 0 Å². The van der Waals surface area contributed by atoms with Crippen molar-refractivity contribution in [3.63, 3.8) is 0 Å². The van der Waals surface area contributed by atoms with E-state index in [0.717, 1.165) is 10.6 Å². The van der Waals surface area contributed by atoms with Crippen LogP contribution >= 0.6 is 0 Å². The van der Waals surface area contributed by atoms with Gasteiger partial charge in [0.15, 0.2) is 6.10 Å². The quantitative estimate of drug-likeness (QED) is 0.675. The van der Waals surface area contributed by atoms with E-state index < -0.39 is 12.0 Å². The second kappa shape index (κ2) is 6.47.